The molecule has 4 aliphatic rings. The summed E-state index contributed by atoms with van der Waals surface area (Å²) < 4.78 is 76.8. The molecule has 0 saturated heterocycles. The van der Waals surface area contributed by atoms with Gasteiger partial charge in [-0.25, -0.2) is 4.79 Å². The Balaban J connectivity index is 1.28. The van der Waals surface area contributed by atoms with Gasteiger partial charge < -0.3 is 20.3 Å². The number of aliphatic hydroxyl groups is 1. The van der Waals surface area contributed by atoms with Crippen molar-refractivity contribution in [2.45, 2.75) is 89.3 Å². The number of aromatic nitrogens is 1. The Kier molecular flexibility index (Phi) is 8.14. The number of urea groups is 1. The van der Waals surface area contributed by atoms with Crippen LogP contribution in [0.1, 0.15) is 80.4 Å². The van der Waals surface area contributed by atoms with Crippen LogP contribution in [0.15, 0.2) is 51.6 Å². The van der Waals surface area contributed by atoms with E-state index in [1.54, 1.807) is 44.2 Å². The normalized spacial score (nSPS) is 28.8. The molecule has 6 rings (SSSR count). The summed E-state index contributed by atoms with van der Waals surface area (Å²) >= 11 is 0. The Labute approximate surface area is 269 Å². The van der Waals surface area contributed by atoms with E-state index in [0.29, 0.717) is 48.4 Å². The predicted molar refractivity (Wildman–Crippen MR) is 163 cm³/mol. The minimum atomic E-state index is -5.90. The number of rotatable bonds is 4. The zero-order valence-electron chi connectivity index (χ0n) is 26.3. The average molecular weight is 658 g/mol. The van der Waals surface area contributed by atoms with E-state index in [0.717, 1.165) is 22.3 Å². The fourth-order valence-electron chi connectivity index (χ4n) is 8.60. The van der Waals surface area contributed by atoms with Gasteiger partial charge in [0.05, 0.1) is 6.54 Å². The number of halogens is 5. The molecule has 0 bridgehead atoms. The third-order valence-corrected chi connectivity index (χ3v) is 10.9. The Hall–Kier alpha value is -3.98. The number of allylic oxidation sites excluding steroid dienone is 4. The first-order chi connectivity index (χ1) is 22.1. The van der Waals surface area contributed by atoms with Crippen LogP contribution in [0.5, 0.6) is 0 Å². The fourth-order valence-corrected chi connectivity index (χ4v) is 8.60. The number of fused-ring (bicyclic) bond motifs is 4. The molecule has 0 spiro atoms. The highest BCUT2D eigenvalue weighted by molar-refractivity contribution is 5.93. The van der Waals surface area contributed by atoms with Crippen LogP contribution in [-0.4, -0.2) is 46.3 Å². The number of nitrogens with zero attached hydrogens (tertiary/aromatic N) is 1. The number of carbonyl (C=O) groups is 2. The van der Waals surface area contributed by atoms with Crippen molar-refractivity contribution in [3.8, 4) is 11.8 Å². The Morgan fingerprint density at radius 1 is 1.11 bits per heavy atom. The van der Waals surface area contributed by atoms with Gasteiger partial charge in [-0.15, -0.1) is 0 Å². The van der Waals surface area contributed by atoms with Crippen molar-refractivity contribution in [3.63, 3.8) is 0 Å². The van der Waals surface area contributed by atoms with Crippen molar-refractivity contribution in [3.05, 3.63) is 69.6 Å². The molecular formula is C35H36F5N3O4. The van der Waals surface area contributed by atoms with Crippen molar-refractivity contribution < 1.29 is 41.2 Å². The van der Waals surface area contributed by atoms with Gasteiger partial charge in [0.1, 0.15) is 17.0 Å². The second kappa shape index (κ2) is 11.6. The van der Waals surface area contributed by atoms with Crippen LogP contribution < -0.4 is 10.6 Å². The van der Waals surface area contributed by atoms with Crippen molar-refractivity contribution in [2.24, 2.45) is 17.3 Å². The minimum absolute atomic E-state index is 0.0265. The Morgan fingerprint density at radius 2 is 1.83 bits per heavy atom. The van der Waals surface area contributed by atoms with Crippen LogP contribution in [0.3, 0.4) is 0 Å². The quantitative estimate of drug-likeness (QED) is 0.237. The van der Waals surface area contributed by atoms with Gasteiger partial charge >= 0.3 is 18.1 Å². The fraction of sp³-hybridized carbons (Fsp3) is 0.514. The molecule has 2 aromatic rings. The molecule has 47 heavy (non-hydrogen) atoms. The van der Waals surface area contributed by atoms with E-state index in [9.17, 15) is 27.9 Å². The summed E-state index contributed by atoms with van der Waals surface area (Å²) in [6.45, 7) is 4.82. The lowest BCUT2D eigenvalue weighted by Crippen LogP contribution is -2.65. The molecule has 2 amide bonds. The number of hydrogen-bond acceptors (Lipinski definition) is 5. The van der Waals surface area contributed by atoms with Crippen molar-refractivity contribution in [1.82, 2.24) is 10.5 Å². The zero-order valence-corrected chi connectivity index (χ0v) is 26.3. The summed E-state index contributed by atoms with van der Waals surface area (Å²) in [5.41, 5.74) is 0.316. The number of anilines is 1. The SMILES string of the molecule is Cc1noc(C)c1NC(=O)NCC#Cc1ccc([C@H]2C[C@@]3(C)C(CC[C@@]3(O)C(F)(F)C(F)(F)F)C3CCC4=CC(=O)CCC4=C32)cc1. The molecule has 0 aliphatic heterocycles. The Bertz CT molecular complexity index is 1710. The first-order valence-electron chi connectivity index (χ1n) is 15.8. The van der Waals surface area contributed by atoms with Crippen LogP contribution in [0.2, 0.25) is 0 Å². The number of alkyl halides is 5. The van der Waals surface area contributed by atoms with E-state index in [1.165, 1.54) is 6.92 Å². The highest BCUT2D eigenvalue weighted by Crippen LogP contribution is 2.70. The number of nitrogens with one attached hydrogen (secondary N) is 2. The van der Waals surface area contributed by atoms with Gasteiger partial charge in [0, 0.05) is 23.3 Å². The monoisotopic (exact) mass is 657 g/mol. The number of hydrogen-bond donors (Lipinski definition) is 3. The molecule has 0 radical (unpaired) electrons. The summed E-state index contributed by atoms with van der Waals surface area (Å²) in [6.07, 6.45) is -3.05. The van der Waals surface area contributed by atoms with Gasteiger partial charge in [-0.2, -0.15) is 22.0 Å². The van der Waals surface area contributed by atoms with E-state index in [2.05, 4.69) is 27.6 Å². The summed E-state index contributed by atoms with van der Waals surface area (Å²) in [6, 6.07) is 6.60. The smallest absolute Gasteiger partial charge is 0.383 e. The van der Waals surface area contributed by atoms with E-state index in [1.807, 2.05) is 0 Å². The van der Waals surface area contributed by atoms with E-state index in [4.69, 9.17) is 4.52 Å². The zero-order chi connectivity index (χ0) is 33.9. The first kappa shape index (κ1) is 32.9. The second-order valence-electron chi connectivity index (χ2n) is 13.4. The van der Waals surface area contributed by atoms with Crippen LogP contribution >= 0.6 is 0 Å². The molecular weight excluding hydrogens is 621 g/mol. The topological polar surface area (TPSA) is 104 Å². The van der Waals surface area contributed by atoms with E-state index in [-0.39, 0.29) is 31.1 Å². The highest BCUT2D eigenvalue weighted by Gasteiger charge is 2.79. The van der Waals surface area contributed by atoms with Gasteiger partial charge in [-0.3, -0.25) is 4.79 Å². The molecule has 7 nitrogen and oxygen atoms in total. The molecule has 5 atom stereocenters. The molecule has 1 heterocycles. The van der Waals surface area contributed by atoms with Gasteiger partial charge in [-0.1, -0.05) is 41.6 Å². The van der Waals surface area contributed by atoms with Crippen molar-refractivity contribution >= 4 is 17.5 Å². The number of amides is 2. The van der Waals surface area contributed by atoms with Crippen molar-refractivity contribution in [2.75, 3.05) is 11.9 Å². The third kappa shape index (κ3) is 5.36. The maximum atomic E-state index is 15.2. The number of benzene rings is 1. The summed E-state index contributed by atoms with van der Waals surface area (Å²) in [4.78, 5) is 24.5. The van der Waals surface area contributed by atoms with Gasteiger partial charge in [0.15, 0.2) is 11.5 Å². The summed E-state index contributed by atoms with van der Waals surface area (Å²) in [5, 5.41) is 20.5. The molecule has 3 N–H and O–H groups in total. The number of aryl methyl sites for hydroxylation is 2. The molecule has 1 aromatic carbocycles. The lowest BCUT2D eigenvalue weighted by Gasteiger charge is -2.56. The number of carbonyl (C=O) groups excluding carboxylic acids is 2. The second-order valence-corrected chi connectivity index (χ2v) is 13.4. The van der Waals surface area contributed by atoms with Crippen molar-refractivity contribution in [1.29, 1.82) is 0 Å². The van der Waals surface area contributed by atoms with Gasteiger partial charge in [-0.05, 0) is 99.1 Å². The molecule has 12 heteroatoms. The maximum Gasteiger partial charge on any atom is 0.456 e. The van der Waals surface area contributed by atoms with Crippen LogP contribution in [0.4, 0.5) is 32.4 Å². The molecule has 2 saturated carbocycles. The molecule has 4 aliphatic carbocycles. The summed E-state index contributed by atoms with van der Waals surface area (Å²) in [5.74, 6) is -0.334. The number of ketones is 1. The first-order valence-corrected chi connectivity index (χ1v) is 15.8. The highest BCUT2D eigenvalue weighted by atomic mass is 19.4. The molecule has 2 fully saturated rings. The van der Waals surface area contributed by atoms with Crippen LogP contribution in [-0.2, 0) is 4.79 Å². The van der Waals surface area contributed by atoms with Gasteiger partial charge in [0.2, 0.25) is 0 Å². The lowest BCUT2D eigenvalue weighted by atomic mass is 9.50. The maximum absolute atomic E-state index is 15.2. The van der Waals surface area contributed by atoms with E-state index < -0.39 is 47.4 Å². The average Bonchev–Trinajstić information content (AvgIpc) is 3.48. The predicted octanol–water partition coefficient (Wildman–Crippen LogP) is 7.29. The molecule has 250 valence electrons. The summed E-state index contributed by atoms with van der Waals surface area (Å²) in [7, 11) is 0. The Morgan fingerprint density at radius 3 is 2.49 bits per heavy atom. The minimum Gasteiger partial charge on any atom is -0.383 e. The molecule has 1 aromatic heterocycles. The van der Waals surface area contributed by atoms with Crippen LogP contribution in [0.25, 0.3) is 0 Å². The third-order valence-electron chi connectivity index (χ3n) is 10.9. The van der Waals surface area contributed by atoms with E-state index >= 15 is 8.78 Å². The van der Waals surface area contributed by atoms with Crippen LogP contribution in [0, 0.1) is 42.9 Å². The standard InChI is InChI=1S/C35H36F5N3O4/c1-19-30(20(2)47-43-19)42-31(45)41-16-4-5-21-6-8-22(9-7-21)27-18-32(3)28(14-15-33(32,46)34(36,37)35(38,39)40)26-12-10-23-17-24(44)11-13-25(23)29(26)27/h6-9,17,26-28,46H,10-16,18H2,1-3H3,(H2,41,42,45)/t26?,27-,28?,32+,33+/m1/s1. The largest absolute Gasteiger partial charge is 0.456 e. The van der Waals surface area contributed by atoms with Gasteiger partial charge in [0.25, 0.3) is 0 Å². The molecule has 2 unspecified atom stereocenters. The lowest BCUT2D eigenvalue weighted by molar-refractivity contribution is -0.362.